The molecule has 1 heterocycles. The van der Waals surface area contributed by atoms with E-state index in [1.807, 2.05) is 0 Å². The average Bonchev–Trinajstić information content (AvgIpc) is 2.68. The van der Waals surface area contributed by atoms with E-state index in [4.69, 9.17) is 4.74 Å². The van der Waals surface area contributed by atoms with Gasteiger partial charge in [-0.25, -0.2) is 4.39 Å². The molecule has 1 saturated heterocycles. The van der Waals surface area contributed by atoms with Crippen molar-refractivity contribution >= 4 is 5.83 Å². The molecule has 1 aromatic carbocycles. The van der Waals surface area contributed by atoms with E-state index in [1.54, 1.807) is 12.1 Å². The van der Waals surface area contributed by atoms with Crippen LogP contribution in [0.15, 0.2) is 30.3 Å². The lowest BCUT2D eigenvalue weighted by molar-refractivity contribution is -0.0798. The summed E-state index contributed by atoms with van der Waals surface area (Å²) in [6.07, 6.45) is 4.97. The number of alkyl halides is 3. The van der Waals surface area contributed by atoms with E-state index in [0.717, 1.165) is 36.8 Å². The number of allylic oxidation sites excluding steroid dienone is 1. The van der Waals surface area contributed by atoms with E-state index in [2.05, 4.69) is 6.92 Å². The Hall–Kier alpha value is -1.36. The summed E-state index contributed by atoms with van der Waals surface area (Å²) < 4.78 is 56.6. The van der Waals surface area contributed by atoms with E-state index in [9.17, 15) is 17.6 Å². The second-order valence-corrected chi connectivity index (χ2v) is 8.38. The largest absolute Gasteiger partial charge is 0.412 e. The molecule has 156 valence electrons. The standard InChI is InChI=1S/C23H30F4O/c1-2-3-16-4-6-17(7-5-16)20-12-13-22(28-15-20)19-10-8-18(9-11-19)21(24)14-23(25,26)27/h8-11,14,16-17,20,22H,2-7,12-13,15H2,1H3/b21-14-. The Bertz CT molecular complexity index is 634. The molecule has 0 radical (unpaired) electrons. The lowest BCUT2D eigenvalue weighted by Crippen LogP contribution is -2.29. The van der Waals surface area contributed by atoms with Crippen LogP contribution >= 0.6 is 0 Å². The van der Waals surface area contributed by atoms with Crippen molar-refractivity contribution in [2.24, 2.45) is 17.8 Å². The maximum atomic E-state index is 13.6. The number of hydrogen-bond acceptors (Lipinski definition) is 1. The summed E-state index contributed by atoms with van der Waals surface area (Å²) in [7, 11) is 0. The highest BCUT2D eigenvalue weighted by atomic mass is 19.4. The summed E-state index contributed by atoms with van der Waals surface area (Å²) in [6, 6.07) is 6.16. The highest BCUT2D eigenvalue weighted by molar-refractivity contribution is 5.59. The first-order chi connectivity index (χ1) is 13.4. The van der Waals surface area contributed by atoms with E-state index in [-0.39, 0.29) is 17.7 Å². The molecule has 5 heteroatoms. The monoisotopic (exact) mass is 398 g/mol. The van der Waals surface area contributed by atoms with Crippen molar-refractivity contribution in [1.29, 1.82) is 0 Å². The van der Waals surface area contributed by atoms with Gasteiger partial charge in [0, 0.05) is 5.56 Å². The molecular weight excluding hydrogens is 368 g/mol. The third-order valence-corrected chi connectivity index (χ3v) is 6.41. The van der Waals surface area contributed by atoms with Crippen molar-refractivity contribution in [1.82, 2.24) is 0 Å². The minimum Gasteiger partial charge on any atom is -0.373 e. The Morgan fingerprint density at radius 1 is 1.00 bits per heavy atom. The summed E-state index contributed by atoms with van der Waals surface area (Å²) in [6.45, 7) is 3.01. The van der Waals surface area contributed by atoms with Crippen molar-refractivity contribution in [2.75, 3.05) is 6.61 Å². The maximum Gasteiger partial charge on any atom is 0.412 e. The van der Waals surface area contributed by atoms with Gasteiger partial charge < -0.3 is 4.74 Å². The van der Waals surface area contributed by atoms with Crippen molar-refractivity contribution in [2.45, 2.75) is 70.6 Å². The number of rotatable bonds is 5. The molecule has 0 bridgehead atoms. The lowest BCUT2D eigenvalue weighted by Gasteiger charge is -2.38. The fourth-order valence-corrected chi connectivity index (χ4v) is 4.85. The predicted octanol–water partition coefficient (Wildman–Crippen LogP) is 7.63. The Balaban J connectivity index is 1.51. The van der Waals surface area contributed by atoms with E-state index in [0.29, 0.717) is 5.92 Å². The molecule has 1 aliphatic carbocycles. The molecule has 2 fully saturated rings. The van der Waals surface area contributed by atoms with Crippen molar-refractivity contribution in [3.8, 4) is 0 Å². The van der Waals surface area contributed by atoms with Crippen molar-refractivity contribution in [3.63, 3.8) is 0 Å². The average molecular weight is 398 g/mol. The van der Waals surface area contributed by atoms with Gasteiger partial charge in [0.15, 0.2) is 0 Å². The molecule has 28 heavy (non-hydrogen) atoms. The van der Waals surface area contributed by atoms with Crippen LogP contribution in [-0.4, -0.2) is 12.8 Å². The van der Waals surface area contributed by atoms with Crippen LogP contribution in [0.3, 0.4) is 0 Å². The highest BCUT2D eigenvalue weighted by Gasteiger charge is 2.31. The van der Waals surface area contributed by atoms with Crippen molar-refractivity contribution in [3.05, 3.63) is 41.5 Å². The van der Waals surface area contributed by atoms with Gasteiger partial charge in [0.05, 0.1) is 18.8 Å². The molecule has 1 aliphatic heterocycles. The number of ether oxygens (including phenoxy) is 1. The molecule has 1 aromatic rings. The third kappa shape index (κ3) is 5.82. The molecule has 3 rings (SSSR count). The molecule has 2 unspecified atom stereocenters. The quantitative estimate of drug-likeness (QED) is 0.463. The van der Waals surface area contributed by atoms with Gasteiger partial charge in [-0.2, -0.15) is 13.2 Å². The van der Waals surface area contributed by atoms with Crippen LogP contribution in [0.2, 0.25) is 0 Å². The second kappa shape index (κ2) is 9.43. The van der Waals surface area contributed by atoms with Crippen LogP contribution in [0, 0.1) is 17.8 Å². The minimum absolute atomic E-state index is 0.0450. The van der Waals surface area contributed by atoms with E-state index >= 15 is 0 Å². The number of halogens is 4. The topological polar surface area (TPSA) is 9.23 Å². The summed E-state index contributed by atoms with van der Waals surface area (Å²) in [5.41, 5.74) is 0.854. The van der Waals surface area contributed by atoms with E-state index < -0.39 is 12.0 Å². The molecule has 1 nitrogen and oxygen atoms in total. The smallest absolute Gasteiger partial charge is 0.373 e. The maximum absolute atomic E-state index is 13.6. The van der Waals surface area contributed by atoms with Crippen LogP contribution in [0.4, 0.5) is 17.6 Å². The summed E-state index contributed by atoms with van der Waals surface area (Å²) >= 11 is 0. The fourth-order valence-electron chi connectivity index (χ4n) is 4.85. The van der Waals surface area contributed by atoms with E-state index in [1.165, 1.54) is 50.7 Å². The lowest BCUT2D eigenvalue weighted by atomic mass is 9.73. The van der Waals surface area contributed by atoms with Gasteiger partial charge in [0.2, 0.25) is 0 Å². The summed E-state index contributed by atoms with van der Waals surface area (Å²) in [4.78, 5) is 0. The zero-order chi connectivity index (χ0) is 20.1. The molecule has 0 spiro atoms. The van der Waals surface area contributed by atoms with Gasteiger partial charge in [-0.15, -0.1) is 0 Å². The molecule has 2 atom stereocenters. The minimum atomic E-state index is -4.65. The normalized spacial score (nSPS) is 29.7. The predicted molar refractivity (Wildman–Crippen MR) is 103 cm³/mol. The zero-order valence-electron chi connectivity index (χ0n) is 16.5. The zero-order valence-corrected chi connectivity index (χ0v) is 16.5. The first kappa shape index (κ1) is 21.4. The molecule has 0 N–H and O–H groups in total. The first-order valence-electron chi connectivity index (χ1n) is 10.5. The van der Waals surface area contributed by atoms with Crippen molar-refractivity contribution < 1.29 is 22.3 Å². The van der Waals surface area contributed by atoms with Gasteiger partial charge in [-0.3, -0.25) is 0 Å². The van der Waals surface area contributed by atoms with Crippen LogP contribution in [-0.2, 0) is 4.74 Å². The van der Waals surface area contributed by atoms with Gasteiger partial charge >= 0.3 is 6.18 Å². The molecule has 0 amide bonds. The molecule has 2 aliphatic rings. The molecule has 0 aromatic heterocycles. The third-order valence-electron chi connectivity index (χ3n) is 6.41. The van der Waals surface area contributed by atoms with Crippen LogP contribution in [0.1, 0.15) is 75.5 Å². The van der Waals surface area contributed by atoms with Crippen LogP contribution in [0.25, 0.3) is 5.83 Å². The summed E-state index contributed by atoms with van der Waals surface area (Å²) in [5, 5.41) is 0. The number of hydrogen-bond donors (Lipinski definition) is 0. The van der Waals surface area contributed by atoms with Gasteiger partial charge in [-0.05, 0) is 49.0 Å². The Morgan fingerprint density at radius 2 is 1.64 bits per heavy atom. The summed E-state index contributed by atoms with van der Waals surface area (Å²) in [5.74, 6) is 1.02. The Labute approximate surface area is 165 Å². The number of benzene rings is 1. The fraction of sp³-hybridized carbons (Fsp3) is 0.652. The van der Waals surface area contributed by atoms with Crippen LogP contribution in [0.5, 0.6) is 0 Å². The molecule has 1 saturated carbocycles. The Kier molecular flexibility index (Phi) is 7.19. The first-order valence-corrected chi connectivity index (χ1v) is 10.5. The SMILES string of the molecule is CCCC1CCC(C2CCC(c3ccc(/C(F)=C/C(F)(F)F)cc3)OC2)CC1. The van der Waals surface area contributed by atoms with Gasteiger partial charge in [-0.1, -0.05) is 56.9 Å². The van der Waals surface area contributed by atoms with Gasteiger partial charge in [0.25, 0.3) is 0 Å². The highest BCUT2D eigenvalue weighted by Crippen LogP contribution is 2.41. The Morgan fingerprint density at radius 3 is 2.18 bits per heavy atom. The van der Waals surface area contributed by atoms with Gasteiger partial charge in [0.1, 0.15) is 5.83 Å². The van der Waals surface area contributed by atoms with Crippen LogP contribution < -0.4 is 0 Å². The molecular formula is C23H30F4O. The second-order valence-electron chi connectivity index (χ2n) is 8.38.